The molecule has 3 aromatic rings. The number of carbonyl (C=O) groups is 1. The highest BCUT2D eigenvalue weighted by atomic mass is 32.2. The van der Waals surface area contributed by atoms with Crippen molar-refractivity contribution in [2.24, 2.45) is 0 Å². The van der Waals surface area contributed by atoms with Crippen LogP contribution in [0.4, 0.5) is 4.39 Å². The largest absolute Gasteiger partial charge is 0.387 e. The standard InChI is InChI=1S/C18H20FN5O2S/c1-10-14(11(2)24-17(21-10)22-18(23-24)27-3)8-16(26)20-9-15(25)12-4-6-13(19)7-5-12/h4-7,15,25H,8-9H2,1-3H3,(H,20,26). The van der Waals surface area contributed by atoms with E-state index >= 15 is 0 Å². The van der Waals surface area contributed by atoms with Crippen LogP contribution in [-0.2, 0) is 11.2 Å². The van der Waals surface area contributed by atoms with E-state index in [1.54, 1.807) is 4.52 Å². The zero-order valence-corrected chi connectivity index (χ0v) is 16.0. The van der Waals surface area contributed by atoms with E-state index in [0.717, 1.165) is 11.3 Å². The topological polar surface area (TPSA) is 92.4 Å². The van der Waals surface area contributed by atoms with Crippen molar-refractivity contribution in [1.82, 2.24) is 24.9 Å². The Morgan fingerprint density at radius 2 is 2.00 bits per heavy atom. The van der Waals surface area contributed by atoms with Crippen LogP contribution in [0, 0.1) is 19.7 Å². The van der Waals surface area contributed by atoms with Gasteiger partial charge in [0.2, 0.25) is 11.1 Å². The van der Waals surface area contributed by atoms with E-state index in [1.165, 1.54) is 36.0 Å². The molecule has 0 fully saturated rings. The molecule has 1 atom stereocenters. The maximum absolute atomic E-state index is 12.9. The van der Waals surface area contributed by atoms with Crippen molar-refractivity contribution in [2.45, 2.75) is 31.5 Å². The Balaban J connectivity index is 1.69. The van der Waals surface area contributed by atoms with Gasteiger partial charge in [0.05, 0.1) is 12.5 Å². The molecular formula is C18H20FN5O2S. The Labute approximate surface area is 160 Å². The summed E-state index contributed by atoms with van der Waals surface area (Å²) in [5, 5.41) is 17.8. The van der Waals surface area contributed by atoms with E-state index in [4.69, 9.17) is 0 Å². The number of aryl methyl sites for hydroxylation is 2. The first kappa shape index (κ1) is 19.2. The number of nitrogens with one attached hydrogen (secondary N) is 1. The number of amides is 1. The molecule has 3 rings (SSSR count). The van der Waals surface area contributed by atoms with Gasteiger partial charge in [0.1, 0.15) is 5.82 Å². The highest BCUT2D eigenvalue weighted by molar-refractivity contribution is 7.98. The number of thioether (sulfide) groups is 1. The molecule has 9 heteroatoms. The summed E-state index contributed by atoms with van der Waals surface area (Å²) in [5.74, 6) is -0.111. The molecular weight excluding hydrogens is 369 g/mol. The van der Waals surface area contributed by atoms with Gasteiger partial charge in [-0.05, 0) is 37.8 Å². The molecule has 2 aromatic heterocycles. The average molecular weight is 389 g/mol. The Kier molecular flexibility index (Phi) is 5.71. The van der Waals surface area contributed by atoms with E-state index in [1.807, 2.05) is 20.1 Å². The SMILES string of the molecule is CSc1nc2nc(C)c(CC(=O)NCC(O)c3ccc(F)cc3)c(C)n2n1. The van der Waals surface area contributed by atoms with Crippen LogP contribution in [-0.4, -0.2) is 43.4 Å². The molecule has 0 aliphatic heterocycles. The molecule has 0 radical (unpaired) electrons. The molecule has 0 saturated heterocycles. The highest BCUT2D eigenvalue weighted by Crippen LogP contribution is 2.17. The van der Waals surface area contributed by atoms with Gasteiger partial charge in [-0.25, -0.2) is 13.9 Å². The van der Waals surface area contributed by atoms with Crippen molar-refractivity contribution in [3.8, 4) is 0 Å². The monoisotopic (exact) mass is 389 g/mol. The van der Waals surface area contributed by atoms with Crippen LogP contribution in [0.5, 0.6) is 0 Å². The Morgan fingerprint density at radius 3 is 2.67 bits per heavy atom. The molecule has 0 aliphatic rings. The lowest BCUT2D eigenvalue weighted by Crippen LogP contribution is -2.30. The van der Waals surface area contributed by atoms with Crippen molar-refractivity contribution in [2.75, 3.05) is 12.8 Å². The van der Waals surface area contributed by atoms with Crippen molar-refractivity contribution in [3.05, 3.63) is 52.6 Å². The first-order chi connectivity index (χ1) is 12.9. The summed E-state index contributed by atoms with van der Waals surface area (Å²) >= 11 is 1.43. The third-order valence-corrected chi connectivity index (χ3v) is 4.83. The van der Waals surface area contributed by atoms with Gasteiger partial charge in [0.25, 0.3) is 5.78 Å². The van der Waals surface area contributed by atoms with Gasteiger partial charge < -0.3 is 10.4 Å². The number of hydrogen-bond donors (Lipinski definition) is 2. The maximum atomic E-state index is 12.9. The lowest BCUT2D eigenvalue weighted by molar-refractivity contribution is -0.120. The lowest BCUT2D eigenvalue weighted by atomic mass is 10.1. The van der Waals surface area contributed by atoms with Gasteiger partial charge >= 0.3 is 0 Å². The summed E-state index contributed by atoms with van der Waals surface area (Å²) in [6.45, 7) is 3.74. The Bertz CT molecular complexity index is 974. The van der Waals surface area contributed by atoms with Crippen LogP contribution >= 0.6 is 11.8 Å². The normalized spacial score (nSPS) is 12.3. The number of aliphatic hydroxyl groups is 1. The first-order valence-corrected chi connectivity index (χ1v) is 9.58. The zero-order valence-electron chi connectivity index (χ0n) is 15.2. The van der Waals surface area contributed by atoms with Crippen molar-refractivity contribution in [1.29, 1.82) is 0 Å². The summed E-state index contributed by atoms with van der Waals surface area (Å²) in [5.41, 5.74) is 2.84. The van der Waals surface area contributed by atoms with Crippen LogP contribution in [0.1, 0.15) is 28.6 Å². The number of carbonyl (C=O) groups excluding carboxylic acids is 1. The second kappa shape index (κ2) is 8.01. The van der Waals surface area contributed by atoms with Crippen LogP contribution in [0.3, 0.4) is 0 Å². The molecule has 0 saturated carbocycles. The predicted octanol–water partition coefficient (Wildman–Crippen LogP) is 1.99. The van der Waals surface area contributed by atoms with Crippen LogP contribution in [0.2, 0.25) is 0 Å². The quantitative estimate of drug-likeness (QED) is 0.627. The molecule has 1 unspecified atom stereocenters. The number of aromatic nitrogens is 4. The second-order valence-electron chi connectivity index (χ2n) is 6.12. The highest BCUT2D eigenvalue weighted by Gasteiger charge is 2.17. The Morgan fingerprint density at radius 1 is 1.30 bits per heavy atom. The summed E-state index contributed by atoms with van der Waals surface area (Å²) in [4.78, 5) is 21.1. The fraction of sp³-hybridized carbons (Fsp3) is 0.333. The van der Waals surface area contributed by atoms with Crippen LogP contribution < -0.4 is 5.32 Å². The zero-order chi connectivity index (χ0) is 19.6. The fourth-order valence-electron chi connectivity index (χ4n) is 2.77. The Hall–Kier alpha value is -2.52. The second-order valence-corrected chi connectivity index (χ2v) is 6.89. The van der Waals surface area contributed by atoms with Gasteiger partial charge in [-0.1, -0.05) is 23.9 Å². The molecule has 27 heavy (non-hydrogen) atoms. The van der Waals surface area contributed by atoms with Crippen molar-refractivity contribution in [3.63, 3.8) is 0 Å². The summed E-state index contributed by atoms with van der Waals surface area (Å²) in [7, 11) is 0. The van der Waals surface area contributed by atoms with Gasteiger partial charge in [-0.3, -0.25) is 4.79 Å². The van der Waals surface area contributed by atoms with Crippen molar-refractivity contribution < 1.29 is 14.3 Å². The number of hydrogen-bond acceptors (Lipinski definition) is 6. The van der Waals surface area contributed by atoms with E-state index < -0.39 is 6.10 Å². The fourth-order valence-corrected chi connectivity index (χ4v) is 3.10. The number of nitrogens with zero attached hydrogens (tertiary/aromatic N) is 4. The minimum Gasteiger partial charge on any atom is -0.387 e. The van der Waals surface area contributed by atoms with Crippen LogP contribution in [0.15, 0.2) is 29.4 Å². The molecule has 0 bridgehead atoms. The minimum absolute atomic E-state index is 0.0399. The lowest BCUT2D eigenvalue weighted by Gasteiger charge is -2.14. The van der Waals surface area contributed by atoms with Gasteiger partial charge in [0, 0.05) is 23.5 Å². The van der Waals surface area contributed by atoms with Gasteiger partial charge in [-0.2, -0.15) is 4.98 Å². The molecule has 1 aromatic carbocycles. The molecule has 0 spiro atoms. The van der Waals surface area contributed by atoms with Crippen molar-refractivity contribution >= 4 is 23.4 Å². The van der Waals surface area contributed by atoms with E-state index in [2.05, 4.69) is 20.4 Å². The number of rotatable bonds is 6. The number of aliphatic hydroxyl groups excluding tert-OH is 1. The summed E-state index contributed by atoms with van der Waals surface area (Å²) in [6, 6.07) is 5.53. The van der Waals surface area contributed by atoms with E-state index in [0.29, 0.717) is 22.2 Å². The molecule has 0 aliphatic carbocycles. The van der Waals surface area contributed by atoms with E-state index in [-0.39, 0.29) is 24.7 Å². The predicted molar refractivity (Wildman–Crippen MR) is 100 cm³/mol. The third kappa shape index (κ3) is 4.25. The van der Waals surface area contributed by atoms with E-state index in [9.17, 15) is 14.3 Å². The first-order valence-electron chi connectivity index (χ1n) is 8.36. The number of fused-ring (bicyclic) bond motifs is 1. The minimum atomic E-state index is -0.906. The summed E-state index contributed by atoms with van der Waals surface area (Å²) in [6.07, 6.45) is 1.10. The van der Waals surface area contributed by atoms with Gasteiger partial charge in [0.15, 0.2) is 0 Å². The number of halogens is 1. The third-order valence-electron chi connectivity index (χ3n) is 4.30. The summed E-state index contributed by atoms with van der Waals surface area (Å²) < 4.78 is 14.6. The maximum Gasteiger partial charge on any atom is 0.253 e. The number of benzene rings is 1. The molecule has 7 nitrogen and oxygen atoms in total. The molecule has 2 heterocycles. The average Bonchev–Trinajstić information content (AvgIpc) is 3.07. The molecule has 142 valence electrons. The smallest absolute Gasteiger partial charge is 0.253 e. The molecule has 1 amide bonds. The van der Waals surface area contributed by atoms with Crippen LogP contribution in [0.25, 0.3) is 5.78 Å². The molecule has 2 N–H and O–H groups in total. The van der Waals surface area contributed by atoms with Gasteiger partial charge in [-0.15, -0.1) is 5.10 Å².